The molecule has 1 aromatic heterocycles. The Morgan fingerprint density at radius 3 is 2.68 bits per heavy atom. The molecule has 0 saturated carbocycles. The first-order valence-corrected chi connectivity index (χ1v) is 10.6. The van der Waals surface area contributed by atoms with Crippen LogP contribution in [0, 0.1) is 0 Å². The highest BCUT2D eigenvalue weighted by atomic mass is 35.5. The summed E-state index contributed by atoms with van der Waals surface area (Å²) in [5.41, 5.74) is 2.76. The zero-order valence-electron chi connectivity index (χ0n) is 15.4. The highest BCUT2D eigenvalue weighted by Gasteiger charge is 2.11. The molecule has 0 fully saturated rings. The van der Waals surface area contributed by atoms with Gasteiger partial charge in [-0.2, -0.15) is 0 Å². The van der Waals surface area contributed by atoms with Crippen molar-refractivity contribution in [2.24, 2.45) is 0 Å². The molecule has 0 aliphatic carbocycles. The van der Waals surface area contributed by atoms with Gasteiger partial charge in [0, 0.05) is 22.4 Å². The quantitative estimate of drug-likeness (QED) is 0.412. The molecular weight excluding hydrogens is 415 g/mol. The maximum atomic E-state index is 12.1. The Hall–Kier alpha value is -2.08. The van der Waals surface area contributed by atoms with Crippen LogP contribution in [0.15, 0.2) is 47.8 Å². The Bertz CT molecular complexity index is 942. The van der Waals surface area contributed by atoms with Crippen LogP contribution in [0.3, 0.4) is 0 Å². The Labute approximate surface area is 178 Å². The van der Waals surface area contributed by atoms with E-state index in [0.29, 0.717) is 40.3 Å². The smallest absolute Gasteiger partial charge is 0.226 e. The van der Waals surface area contributed by atoms with E-state index in [1.165, 1.54) is 16.9 Å². The van der Waals surface area contributed by atoms with Gasteiger partial charge in [-0.15, -0.1) is 11.3 Å². The Morgan fingerprint density at radius 2 is 1.96 bits per heavy atom. The maximum absolute atomic E-state index is 12.1. The topological polar surface area (TPSA) is 51.2 Å². The molecule has 28 heavy (non-hydrogen) atoms. The third-order valence-electron chi connectivity index (χ3n) is 4.11. The number of thiazole rings is 1. The number of aromatic nitrogens is 1. The van der Waals surface area contributed by atoms with E-state index in [-0.39, 0.29) is 5.91 Å². The van der Waals surface area contributed by atoms with Crippen molar-refractivity contribution in [1.82, 2.24) is 4.98 Å². The van der Waals surface area contributed by atoms with Gasteiger partial charge >= 0.3 is 0 Å². The summed E-state index contributed by atoms with van der Waals surface area (Å²) in [6.07, 6.45) is 2.00. The number of nitrogens with one attached hydrogen (secondary N) is 1. The number of hydrogen-bond acceptors (Lipinski definition) is 4. The second-order valence-electron chi connectivity index (χ2n) is 6.16. The molecule has 0 spiro atoms. The minimum Gasteiger partial charge on any atom is -0.494 e. The molecule has 1 heterocycles. The number of halogens is 2. The molecule has 1 N–H and O–H groups in total. The van der Waals surface area contributed by atoms with E-state index in [0.717, 1.165) is 17.7 Å². The van der Waals surface area contributed by atoms with E-state index in [1.54, 1.807) is 12.1 Å². The Balaban J connectivity index is 1.45. The summed E-state index contributed by atoms with van der Waals surface area (Å²) >= 11 is 13.5. The molecule has 4 nitrogen and oxygen atoms in total. The molecule has 7 heteroatoms. The van der Waals surface area contributed by atoms with Crippen molar-refractivity contribution in [2.45, 2.75) is 26.2 Å². The van der Waals surface area contributed by atoms with Gasteiger partial charge in [-0.25, -0.2) is 4.98 Å². The fraction of sp³-hybridized carbons (Fsp3) is 0.238. The van der Waals surface area contributed by atoms with Gasteiger partial charge < -0.3 is 10.1 Å². The molecule has 3 aromatic rings. The van der Waals surface area contributed by atoms with Crippen LogP contribution in [0.2, 0.25) is 10.0 Å². The number of ether oxygens (including phenoxy) is 1. The van der Waals surface area contributed by atoms with E-state index in [4.69, 9.17) is 27.9 Å². The van der Waals surface area contributed by atoms with Crippen LogP contribution in [-0.4, -0.2) is 17.5 Å². The van der Waals surface area contributed by atoms with E-state index < -0.39 is 0 Å². The standard InChI is InChI=1S/C21H20Cl2N2O2S/c1-2-14-5-8-16(9-6-14)27-11-3-4-20(26)25-21-24-19(13-28-21)17-10-7-15(22)12-18(17)23/h5-10,12-13H,2-4,11H2,1H3,(H,24,25,26). The highest BCUT2D eigenvalue weighted by molar-refractivity contribution is 7.14. The van der Waals surface area contributed by atoms with Gasteiger partial charge in [0.25, 0.3) is 0 Å². The van der Waals surface area contributed by atoms with Crippen LogP contribution in [0.1, 0.15) is 25.3 Å². The number of rotatable bonds is 8. The fourth-order valence-corrected chi connectivity index (χ4v) is 3.81. The molecule has 146 valence electrons. The van der Waals surface area contributed by atoms with E-state index in [2.05, 4.69) is 29.4 Å². The van der Waals surface area contributed by atoms with Crippen LogP contribution < -0.4 is 10.1 Å². The molecule has 0 atom stereocenters. The SMILES string of the molecule is CCc1ccc(OCCCC(=O)Nc2nc(-c3ccc(Cl)cc3Cl)cs2)cc1. The molecular formula is C21H20Cl2N2O2S. The molecule has 3 rings (SSSR count). The maximum Gasteiger partial charge on any atom is 0.226 e. The van der Waals surface area contributed by atoms with Crippen LogP contribution >= 0.6 is 34.5 Å². The van der Waals surface area contributed by atoms with Crippen molar-refractivity contribution in [3.8, 4) is 17.0 Å². The van der Waals surface area contributed by atoms with Crippen molar-refractivity contribution in [1.29, 1.82) is 0 Å². The average molecular weight is 435 g/mol. The molecule has 0 saturated heterocycles. The lowest BCUT2D eigenvalue weighted by Crippen LogP contribution is -2.12. The monoisotopic (exact) mass is 434 g/mol. The van der Waals surface area contributed by atoms with E-state index in [1.807, 2.05) is 23.6 Å². The van der Waals surface area contributed by atoms with Crippen molar-refractivity contribution in [3.05, 3.63) is 63.5 Å². The normalized spacial score (nSPS) is 10.7. The summed E-state index contributed by atoms with van der Waals surface area (Å²) in [5, 5.41) is 6.32. The minimum absolute atomic E-state index is 0.0898. The second-order valence-corrected chi connectivity index (χ2v) is 7.86. The summed E-state index contributed by atoms with van der Waals surface area (Å²) in [6, 6.07) is 13.3. The van der Waals surface area contributed by atoms with Gasteiger partial charge in [-0.1, -0.05) is 42.3 Å². The number of benzene rings is 2. The van der Waals surface area contributed by atoms with Crippen molar-refractivity contribution >= 4 is 45.6 Å². The number of hydrogen-bond donors (Lipinski definition) is 1. The molecule has 0 unspecified atom stereocenters. The molecule has 0 aliphatic heterocycles. The van der Waals surface area contributed by atoms with Gasteiger partial charge in [-0.05, 0) is 48.7 Å². The van der Waals surface area contributed by atoms with Gasteiger partial charge in [-0.3, -0.25) is 4.79 Å². The average Bonchev–Trinajstić information content (AvgIpc) is 3.13. The first kappa shape index (κ1) is 20.6. The summed E-state index contributed by atoms with van der Waals surface area (Å²) in [4.78, 5) is 16.6. The first-order chi connectivity index (χ1) is 13.5. The Kier molecular flexibility index (Phi) is 7.31. The number of amides is 1. The first-order valence-electron chi connectivity index (χ1n) is 8.97. The largest absolute Gasteiger partial charge is 0.494 e. The molecule has 0 radical (unpaired) electrons. The summed E-state index contributed by atoms with van der Waals surface area (Å²) in [6.45, 7) is 2.60. The molecule has 0 bridgehead atoms. The second kappa shape index (κ2) is 9.92. The van der Waals surface area contributed by atoms with Crippen LogP contribution in [0.5, 0.6) is 5.75 Å². The summed E-state index contributed by atoms with van der Waals surface area (Å²) < 4.78 is 5.67. The summed E-state index contributed by atoms with van der Waals surface area (Å²) in [5.74, 6) is 0.732. The van der Waals surface area contributed by atoms with Crippen molar-refractivity contribution in [3.63, 3.8) is 0 Å². The number of carbonyl (C=O) groups is 1. The van der Waals surface area contributed by atoms with Crippen LogP contribution in [-0.2, 0) is 11.2 Å². The minimum atomic E-state index is -0.0898. The molecule has 1 amide bonds. The van der Waals surface area contributed by atoms with Gasteiger partial charge in [0.15, 0.2) is 5.13 Å². The Morgan fingerprint density at radius 1 is 1.18 bits per heavy atom. The predicted octanol–water partition coefficient (Wildman–Crippen LogP) is 6.48. The van der Waals surface area contributed by atoms with Gasteiger partial charge in [0.2, 0.25) is 5.91 Å². The zero-order chi connectivity index (χ0) is 19.9. The fourth-order valence-electron chi connectivity index (χ4n) is 2.58. The third kappa shape index (κ3) is 5.71. The lowest BCUT2D eigenvalue weighted by Gasteiger charge is -2.07. The van der Waals surface area contributed by atoms with E-state index >= 15 is 0 Å². The van der Waals surface area contributed by atoms with Crippen LogP contribution in [0.25, 0.3) is 11.3 Å². The zero-order valence-corrected chi connectivity index (χ0v) is 17.7. The number of carbonyl (C=O) groups excluding carboxylic acids is 1. The third-order valence-corrected chi connectivity index (χ3v) is 5.41. The van der Waals surface area contributed by atoms with Crippen molar-refractivity contribution in [2.75, 3.05) is 11.9 Å². The van der Waals surface area contributed by atoms with Gasteiger partial charge in [0.05, 0.1) is 17.3 Å². The van der Waals surface area contributed by atoms with Crippen molar-refractivity contribution < 1.29 is 9.53 Å². The number of nitrogens with zero attached hydrogens (tertiary/aromatic N) is 1. The lowest BCUT2D eigenvalue weighted by atomic mass is 10.2. The van der Waals surface area contributed by atoms with E-state index in [9.17, 15) is 4.79 Å². The number of aryl methyl sites for hydroxylation is 1. The molecule has 0 aliphatic rings. The predicted molar refractivity (Wildman–Crippen MR) is 117 cm³/mol. The highest BCUT2D eigenvalue weighted by Crippen LogP contribution is 2.32. The molecule has 2 aromatic carbocycles. The number of anilines is 1. The lowest BCUT2D eigenvalue weighted by molar-refractivity contribution is -0.116. The van der Waals surface area contributed by atoms with Gasteiger partial charge in [0.1, 0.15) is 5.75 Å². The van der Waals surface area contributed by atoms with Crippen LogP contribution in [0.4, 0.5) is 5.13 Å². The summed E-state index contributed by atoms with van der Waals surface area (Å²) in [7, 11) is 0.